The molecule has 0 saturated carbocycles. The van der Waals surface area contributed by atoms with Crippen LogP contribution in [-0.2, 0) is 19.1 Å². The number of Topliss-reactive ketones (excluding diaryl/α,β-unsaturated/α-hetero) is 1. The normalized spacial score (nSPS) is 22.0. The van der Waals surface area contributed by atoms with Crippen molar-refractivity contribution in [2.75, 3.05) is 6.61 Å². The lowest BCUT2D eigenvalue weighted by Crippen LogP contribution is -2.36. The summed E-state index contributed by atoms with van der Waals surface area (Å²) in [6.45, 7) is 5.70. The molecule has 26 heavy (non-hydrogen) atoms. The highest BCUT2D eigenvalue weighted by atomic mass is 19.1. The molecule has 0 fully saturated rings. The molecule has 1 aliphatic heterocycles. The van der Waals surface area contributed by atoms with Gasteiger partial charge >= 0.3 is 5.97 Å². The second-order valence-electron chi connectivity index (χ2n) is 7.33. The average molecular weight is 359 g/mol. The minimum absolute atomic E-state index is 0.0243. The smallest absolute Gasteiger partial charge is 0.340 e. The molecule has 0 bridgehead atoms. The maximum Gasteiger partial charge on any atom is 0.340 e. The van der Waals surface area contributed by atoms with E-state index in [0.29, 0.717) is 17.8 Å². The lowest BCUT2D eigenvalue weighted by molar-refractivity contribution is -0.139. The van der Waals surface area contributed by atoms with Crippen LogP contribution in [0.3, 0.4) is 0 Å². The maximum atomic E-state index is 14.6. The lowest BCUT2D eigenvalue weighted by atomic mass is 9.70. The van der Waals surface area contributed by atoms with Crippen molar-refractivity contribution in [2.24, 2.45) is 11.1 Å². The van der Waals surface area contributed by atoms with Crippen molar-refractivity contribution in [1.29, 1.82) is 0 Å². The molecule has 3 rings (SSSR count). The molecule has 2 aliphatic rings. The van der Waals surface area contributed by atoms with Crippen LogP contribution in [0.5, 0.6) is 0 Å². The molecule has 0 amide bonds. The fourth-order valence-electron chi connectivity index (χ4n) is 3.61. The highest BCUT2D eigenvalue weighted by Crippen LogP contribution is 2.48. The van der Waals surface area contributed by atoms with Gasteiger partial charge in [-0.25, -0.2) is 9.18 Å². The molecule has 1 aromatic rings. The third-order valence-electron chi connectivity index (χ3n) is 4.67. The monoisotopic (exact) mass is 359 g/mol. The Hall–Kier alpha value is -2.63. The number of hydrogen-bond acceptors (Lipinski definition) is 5. The molecule has 1 aliphatic carbocycles. The number of carbonyl (C=O) groups excluding carboxylic acids is 2. The number of hydrogen-bond donors (Lipinski definition) is 1. The predicted octanol–water partition coefficient (Wildman–Crippen LogP) is 3.32. The summed E-state index contributed by atoms with van der Waals surface area (Å²) in [5.41, 5.74) is 6.21. The van der Waals surface area contributed by atoms with Crippen LogP contribution in [0.4, 0.5) is 4.39 Å². The van der Waals surface area contributed by atoms with Gasteiger partial charge in [-0.1, -0.05) is 32.0 Å². The van der Waals surface area contributed by atoms with Crippen LogP contribution in [0.15, 0.2) is 47.1 Å². The Balaban J connectivity index is 2.21. The Morgan fingerprint density at radius 1 is 1.35 bits per heavy atom. The zero-order chi connectivity index (χ0) is 19.1. The summed E-state index contributed by atoms with van der Waals surface area (Å²) in [5.74, 6) is -2.05. The van der Waals surface area contributed by atoms with Crippen LogP contribution in [0, 0.1) is 11.2 Å². The maximum absolute atomic E-state index is 14.6. The Kier molecular flexibility index (Phi) is 4.61. The number of rotatable bonds is 3. The molecule has 6 heteroatoms. The van der Waals surface area contributed by atoms with Crippen molar-refractivity contribution in [3.63, 3.8) is 0 Å². The molecule has 1 heterocycles. The average Bonchev–Trinajstić information content (AvgIpc) is 2.53. The standard InChI is InChI=1S/C20H22FNO4/c1-4-25-19(24)17-15(11-7-5-6-8-12(11)21)16-13(23)9-20(2,3)10-14(16)26-18(17)22/h5-8,15H,4,9-10,22H2,1-3H3. The number of carbonyl (C=O) groups is 2. The third kappa shape index (κ3) is 3.11. The van der Waals surface area contributed by atoms with Crippen molar-refractivity contribution in [2.45, 2.75) is 39.5 Å². The van der Waals surface area contributed by atoms with E-state index in [1.807, 2.05) is 13.8 Å². The van der Waals surface area contributed by atoms with E-state index in [4.69, 9.17) is 15.2 Å². The Labute approximate surface area is 151 Å². The van der Waals surface area contributed by atoms with Crippen molar-refractivity contribution >= 4 is 11.8 Å². The van der Waals surface area contributed by atoms with Crippen LogP contribution in [0.25, 0.3) is 0 Å². The van der Waals surface area contributed by atoms with Crippen LogP contribution in [-0.4, -0.2) is 18.4 Å². The lowest BCUT2D eigenvalue weighted by Gasteiger charge is -2.37. The van der Waals surface area contributed by atoms with Crippen LogP contribution >= 0.6 is 0 Å². The molecule has 1 unspecified atom stereocenters. The fraction of sp³-hybridized carbons (Fsp3) is 0.400. The van der Waals surface area contributed by atoms with Gasteiger partial charge in [-0.2, -0.15) is 0 Å². The van der Waals surface area contributed by atoms with Crippen molar-refractivity contribution in [3.05, 3.63) is 58.4 Å². The summed E-state index contributed by atoms with van der Waals surface area (Å²) in [7, 11) is 0. The van der Waals surface area contributed by atoms with Crippen molar-refractivity contribution in [3.8, 4) is 0 Å². The number of benzene rings is 1. The first-order chi connectivity index (χ1) is 12.2. The molecule has 0 saturated heterocycles. The number of ether oxygens (including phenoxy) is 2. The Morgan fingerprint density at radius 2 is 2.04 bits per heavy atom. The predicted molar refractivity (Wildman–Crippen MR) is 93.1 cm³/mol. The first kappa shape index (κ1) is 18.2. The van der Waals surface area contributed by atoms with E-state index in [1.165, 1.54) is 6.07 Å². The van der Waals surface area contributed by atoms with Gasteiger partial charge in [0, 0.05) is 24.0 Å². The molecular formula is C20H22FNO4. The van der Waals surface area contributed by atoms with Gasteiger partial charge in [-0.15, -0.1) is 0 Å². The minimum atomic E-state index is -0.928. The summed E-state index contributed by atoms with van der Waals surface area (Å²) in [6.07, 6.45) is 0.770. The summed E-state index contributed by atoms with van der Waals surface area (Å²) >= 11 is 0. The van der Waals surface area contributed by atoms with E-state index in [1.54, 1.807) is 25.1 Å². The summed E-state index contributed by atoms with van der Waals surface area (Å²) < 4.78 is 25.3. The van der Waals surface area contributed by atoms with E-state index in [9.17, 15) is 14.0 Å². The fourth-order valence-corrected chi connectivity index (χ4v) is 3.61. The Bertz CT molecular complexity index is 838. The molecule has 1 aromatic carbocycles. The van der Waals surface area contributed by atoms with Gasteiger partial charge in [0.05, 0.1) is 12.5 Å². The van der Waals surface area contributed by atoms with Crippen LogP contribution in [0.2, 0.25) is 0 Å². The minimum Gasteiger partial charge on any atom is -0.462 e. The number of halogens is 1. The topological polar surface area (TPSA) is 78.6 Å². The highest BCUT2D eigenvalue weighted by Gasteiger charge is 2.45. The molecule has 138 valence electrons. The van der Waals surface area contributed by atoms with Crippen molar-refractivity contribution in [1.82, 2.24) is 0 Å². The molecule has 1 atom stereocenters. The van der Waals surface area contributed by atoms with Gasteiger partial charge in [0.25, 0.3) is 0 Å². The zero-order valence-corrected chi connectivity index (χ0v) is 15.1. The molecule has 0 aromatic heterocycles. The first-order valence-electron chi connectivity index (χ1n) is 8.60. The van der Waals surface area contributed by atoms with E-state index >= 15 is 0 Å². The summed E-state index contributed by atoms with van der Waals surface area (Å²) in [6, 6.07) is 6.05. The molecular weight excluding hydrogens is 337 g/mol. The van der Waals surface area contributed by atoms with Gasteiger partial charge in [0.2, 0.25) is 5.88 Å². The van der Waals surface area contributed by atoms with Crippen molar-refractivity contribution < 1.29 is 23.5 Å². The molecule has 5 nitrogen and oxygen atoms in total. The quantitative estimate of drug-likeness (QED) is 0.838. The van der Waals surface area contributed by atoms with Gasteiger partial charge in [0.1, 0.15) is 17.1 Å². The first-order valence-corrected chi connectivity index (χ1v) is 8.60. The molecule has 0 spiro atoms. The van der Waals surface area contributed by atoms with Gasteiger partial charge in [-0.05, 0) is 18.4 Å². The van der Waals surface area contributed by atoms with E-state index in [2.05, 4.69) is 0 Å². The number of allylic oxidation sites excluding steroid dienone is 2. The molecule has 0 radical (unpaired) electrons. The number of nitrogens with two attached hydrogens (primary N) is 1. The van der Waals surface area contributed by atoms with Gasteiger partial charge in [0.15, 0.2) is 5.78 Å². The molecule has 2 N–H and O–H groups in total. The second kappa shape index (κ2) is 6.59. The SMILES string of the molecule is CCOC(=O)C1=C(N)OC2=C(C(=O)CC(C)(C)C2)C1c1ccccc1F. The highest BCUT2D eigenvalue weighted by molar-refractivity contribution is 6.03. The van der Waals surface area contributed by atoms with Gasteiger partial charge in [-0.3, -0.25) is 4.79 Å². The largest absolute Gasteiger partial charge is 0.462 e. The Morgan fingerprint density at radius 3 is 2.69 bits per heavy atom. The zero-order valence-electron chi connectivity index (χ0n) is 15.1. The summed E-state index contributed by atoms with van der Waals surface area (Å²) in [5, 5.41) is 0. The number of esters is 1. The van der Waals surface area contributed by atoms with E-state index in [-0.39, 0.29) is 41.2 Å². The summed E-state index contributed by atoms with van der Waals surface area (Å²) in [4.78, 5) is 25.4. The van der Waals surface area contributed by atoms with E-state index < -0.39 is 17.7 Å². The van der Waals surface area contributed by atoms with Gasteiger partial charge < -0.3 is 15.2 Å². The number of ketones is 1. The van der Waals surface area contributed by atoms with E-state index in [0.717, 1.165) is 0 Å². The van der Waals surface area contributed by atoms with Crippen LogP contribution in [0.1, 0.15) is 45.1 Å². The second-order valence-corrected chi connectivity index (χ2v) is 7.33. The van der Waals surface area contributed by atoms with Crippen LogP contribution < -0.4 is 5.73 Å². The third-order valence-corrected chi connectivity index (χ3v) is 4.67.